The van der Waals surface area contributed by atoms with Crippen LogP contribution in [0.3, 0.4) is 0 Å². The molecule has 0 fully saturated rings. The van der Waals surface area contributed by atoms with Gasteiger partial charge in [-0.15, -0.1) is 4.99 Å². The van der Waals surface area contributed by atoms with Gasteiger partial charge in [-0.25, -0.2) is 4.79 Å². The molecule has 0 aliphatic carbocycles. The number of rotatable bonds is 4. The molecule has 1 rings (SSSR count). The van der Waals surface area contributed by atoms with E-state index in [1.165, 1.54) is 12.1 Å². The third kappa shape index (κ3) is 3.14. The van der Waals surface area contributed by atoms with E-state index in [9.17, 15) is 13.6 Å². The van der Waals surface area contributed by atoms with Crippen molar-refractivity contribution in [2.24, 2.45) is 4.99 Å². The van der Waals surface area contributed by atoms with Crippen molar-refractivity contribution in [1.82, 2.24) is 0 Å². The Morgan fingerprint density at radius 3 is 2.69 bits per heavy atom. The van der Waals surface area contributed by atoms with Gasteiger partial charge in [-0.05, 0) is 26.0 Å². The molecule has 0 atom stereocenters. The largest absolute Gasteiger partial charge is 0.491 e. The zero-order valence-corrected chi connectivity index (χ0v) is 8.91. The highest BCUT2D eigenvalue weighted by Crippen LogP contribution is 2.31. The Bertz CT molecular complexity index is 412. The van der Waals surface area contributed by atoms with Gasteiger partial charge in [0.2, 0.25) is 6.08 Å². The monoisotopic (exact) mass is 227 g/mol. The Morgan fingerprint density at radius 1 is 1.44 bits per heavy atom. The maximum atomic E-state index is 13.2. The number of aliphatic imine (C=N–C) groups is 1. The number of hydrogen-bond donors (Lipinski definition) is 0. The summed E-state index contributed by atoms with van der Waals surface area (Å²) < 4.78 is 31.6. The van der Waals surface area contributed by atoms with Crippen LogP contribution in [0.15, 0.2) is 29.3 Å². The number of isocyanates is 1. The predicted molar refractivity (Wildman–Crippen MR) is 54.2 cm³/mol. The van der Waals surface area contributed by atoms with E-state index in [0.29, 0.717) is 5.75 Å². The van der Waals surface area contributed by atoms with Crippen LogP contribution in [0.25, 0.3) is 0 Å². The first-order valence-corrected chi connectivity index (χ1v) is 4.70. The van der Waals surface area contributed by atoms with Crippen LogP contribution in [0.4, 0.5) is 8.78 Å². The maximum absolute atomic E-state index is 13.2. The minimum Gasteiger partial charge on any atom is -0.491 e. The molecule has 0 spiro atoms. The lowest BCUT2D eigenvalue weighted by Gasteiger charge is -2.13. The van der Waals surface area contributed by atoms with Gasteiger partial charge in [0.15, 0.2) is 0 Å². The van der Waals surface area contributed by atoms with Gasteiger partial charge in [0, 0.05) is 5.56 Å². The average Bonchev–Trinajstić information content (AvgIpc) is 2.17. The van der Waals surface area contributed by atoms with Crippen LogP contribution in [-0.4, -0.2) is 12.2 Å². The van der Waals surface area contributed by atoms with E-state index in [-0.39, 0.29) is 6.10 Å². The molecule has 0 radical (unpaired) electrons. The van der Waals surface area contributed by atoms with Crippen molar-refractivity contribution in [3.05, 3.63) is 29.8 Å². The molecule has 0 unspecified atom stereocenters. The van der Waals surface area contributed by atoms with E-state index < -0.39 is 11.6 Å². The van der Waals surface area contributed by atoms with Crippen LogP contribution in [0, 0.1) is 0 Å². The minimum atomic E-state index is -3.56. The molecule has 3 nitrogen and oxygen atoms in total. The number of alkyl halides is 2. The van der Waals surface area contributed by atoms with E-state index in [1.54, 1.807) is 19.9 Å². The standard InChI is InChI=1S/C11H11F2NO2/c1-8(2)16-10-5-3-4-9(6-10)11(12,13)14-7-15/h3-6,8H,1-2H3. The molecule has 0 amide bonds. The van der Waals surface area contributed by atoms with Crippen molar-refractivity contribution in [1.29, 1.82) is 0 Å². The van der Waals surface area contributed by atoms with E-state index in [0.717, 1.165) is 12.1 Å². The summed E-state index contributed by atoms with van der Waals surface area (Å²) >= 11 is 0. The fourth-order valence-electron chi connectivity index (χ4n) is 1.15. The van der Waals surface area contributed by atoms with Crippen molar-refractivity contribution in [3.63, 3.8) is 0 Å². The second kappa shape index (κ2) is 4.86. The van der Waals surface area contributed by atoms with Gasteiger partial charge in [0.1, 0.15) is 5.75 Å². The summed E-state index contributed by atoms with van der Waals surface area (Å²) in [7, 11) is 0. The van der Waals surface area contributed by atoms with Crippen LogP contribution in [0.1, 0.15) is 19.4 Å². The van der Waals surface area contributed by atoms with Gasteiger partial charge in [-0.3, -0.25) is 0 Å². The third-order valence-corrected chi connectivity index (χ3v) is 1.74. The van der Waals surface area contributed by atoms with Crippen molar-refractivity contribution in [2.45, 2.75) is 26.0 Å². The summed E-state index contributed by atoms with van der Waals surface area (Å²) in [5, 5.41) is 0. The zero-order chi connectivity index (χ0) is 12.2. The molecule has 0 saturated carbocycles. The zero-order valence-electron chi connectivity index (χ0n) is 8.91. The number of ether oxygens (including phenoxy) is 1. The second-order valence-electron chi connectivity index (χ2n) is 3.44. The summed E-state index contributed by atoms with van der Waals surface area (Å²) in [6, 6.07) is 1.75. The maximum Gasteiger partial charge on any atom is 0.379 e. The summed E-state index contributed by atoms with van der Waals surface area (Å²) in [6.07, 6.45) is 0.738. The highest BCUT2D eigenvalue weighted by atomic mass is 19.3. The van der Waals surface area contributed by atoms with Gasteiger partial charge >= 0.3 is 6.05 Å². The highest BCUT2D eigenvalue weighted by Gasteiger charge is 2.31. The molecule has 5 heteroatoms. The molecule has 86 valence electrons. The number of hydrogen-bond acceptors (Lipinski definition) is 3. The SMILES string of the molecule is CC(C)Oc1cccc(C(F)(F)N=C=O)c1. The number of benzene rings is 1. The van der Waals surface area contributed by atoms with Gasteiger partial charge in [0.25, 0.3) is 0 Å². The summed E-state index contributed by atoms with van der Waals surface area (Å²) in [4.78, 5) is 12.3. The van der Waals surface area contributed by atoms with E-state index >= 15 is 0 Å². The average molecular weight is 227 g/mol. The van der Waals surface area contributed by atoms with Gasteiger partial charge < -0.3 is 4.74 Å². The Kier molecular flexibility index (Phi) is 3.74. The summed E-state index contributed by atoms with van der Waals surface area (Å²) in [5.74, 6) is 0.313. The van der Waals surface area contributed by atoms with Crippen molar-refractivity contribution < 1.29 is 18.3 Å². The van der Waals surface area contributed by atoms with Gasteiger partial charge in [-0.2, -0.15) is 8.78 Å². The molecule has 0 heterocycles. The summed E-state index contributed by atoms with van der Waals surface area (Å²) in [5.41, 5.74) is -0.394. The van der Waals surface area contributed by atoms with Crippen LogP contribution < -0.4 is 4.74 Å². The normalized spacial score (nSPS) is 11.1. The van der Waals surface area contributed by atoms with Gasteiger partial charge in [0.05, 0.1) is 6.10 Å². The first kappa shape index (κ1) is 12.3. The Labute approximate surface area is 91.8 Å². The first-order chi connectivity index (χ1) is 7.45. The number of nitrogens with zero attached hydrogens (tertiary/aromatic N) is 1. The molecular formula is C11H11F2NO2. The van der Waals surface area contributed by atoms with Crippen LogP contribution in [0.5, 0.6) is 5.75 Å². The Balaban J connectivity index is 3.02. The second-order valence-corrected chi connectivity index (χ2v) is 3.44. The number of halogens is 2. The molecule has 0 saturated heterocycles. The minimum absolute atomic E-state index is 0.113. The molecular weight excluding hydrogens is 216 g/mol. The fourth-order valence-corrected chi connectivity index (χ4v) is 1.15. The summed E-state index contributed by atoms with van der Waals surface area (Å²) in [6.45, 7) is 3.57. The smallest absolute Gasteiger partial charge is 0.379 e. The number of carbonyl (C=O) groups excluding carboxylic acids is 1. The molecule has 0 aliphatic rings. The lowest BCUT2D eigenvalue weighted by atomic mass is 10.2. The van der Waals surface area contributed by atoms with Crippen LogP contribution in [0.2, 0.25) is 0 Å². The lowest BCUT2D eigenvalue weighted by molar-refractivity contribution is 0.00584. The molecule has 0 bridgehead atoms. The Morgan fingerprint density at radius 2 is 2.12 bits per heavy atom. The van der Waals surface area contributed by atoms with Crippen LogP contribution >= 0.6 is 0 Å². The molecule has 0 N–H and O–H groups in total. The highest BCUT2D eigenvalue weighted by molar-refractivity contribution is 5.37. The van der Waals surface area contributed by atoms with E-state index in [1.807, 2.05) is 0 Å². The van der Waals surface area contributed by atoms with Crippen LogP contribution in [-0.2, 0) is 10.8 Å². The molecule has 0 aliphatic heterocycles. The third-order valence-electron chi connectivity index (χ3n) is 1.74. The quantitative estimate of drug-likeness (QED) is 0.450. The van der Waals surface area contributed by atoms with Gasteiger partial charge in [-0.1, -0.05) is 12.1 Å². The van der Waals surface area contributed by atoms with E-state index in [4.69, 9.17) is 4.74 Å². The van der Waals surface area contributed by atoms with E-state index in [2.05, 4.69) is 4.99 Å². The fraction of sp³-hybridized carbons (Fsp3) is 0.364. The van der Waals surface area contributed by atoms with Crippen molar-refractivity contribution in [2.75, 3.05) is 0 Å². The lowest BCUT2D eigenvalue weighted by Crippen LogP contribution is -2.11. The van der Waals surface area contributed by atoms with Crippen molar-refractivity contribution >= 4 is 6.08 Å². The molecule has 1 aromatic carbocycles. The Hall–Kier alpha value is -1.74. The first-order valence-electron chi connectivity index (χ1n) is 4.70. The topological polar surface area (TPSA) is 38.7 Å². The molecule has 16 heavy (non-hydrogen) atoms. The predicted octanol–water partition coefficient (Wildman–Crippen LogP) is 2.86. The van der Waals surface area contributed by atoms with Crippen molar-refractivity contribution in [3.8, 4) is 5.75 Å². The molecule has 1 aromatic rings. The molecule has 0 aromatic heterocycles.